The highest BCUT2D eigenvalue weighted by Crippen LogP contribution is 2.48. The maximum absolute atomic E-state index is 10.6. The molecule has 2 saturated carbocycles. The van der Waals surface area contributed by atoms with E-state index in [2.05, 4.69) is 6.92 Å². The predicted molar refractivity (Wildman–Crippen MR) is 109 cm³/mol. The van der Waals surface area contributed by atoms with Crippen molar-refractivity contribution in [2.45, 2.75) is 114 Å². The van der Waals surface area contributed by atoms with Crippen molar-refractivity contribution in [1.29, 1.82) is 0 Å². The highest BCUT2D eigenvalue weighted by Gasteiger charge is 2.43. The fourth-order valence-corrected chi connectivity index (χ4v) is 5.85. The fourth-order valence-electron chi connectivity index (χ4n) is 5.35. The SMILES string of the molecule is CCC1([C@@H](O)CCC[C@@H]2[C@@H](CCCCCCC(=O)O)[C@H](Cl)C[C@H]2O)CCC1. The Hall–Kier alpha value is -0.320. The van der Waals surface area contributed by atoms with Crippen LogP contribution in [0.5, 0.6) is 0 Å². The van der Waals surface area contributed by atoms with Gasteiger partial charge in [-0.1, -0.05) is 39.0 Å². The van der Waals surface area contributed by atoms with Gasteiger partial charge in [0.05, 0.1) is 12.2 Å². The molecule has 158 valence electrons. The Morgan fingerprint density at radius 1 is 1.11 bits per heavy atom. The minimum absolute atomic E-state index is 0.0440. The summed E-state index contributed by atoms with van der Waals surface area (Å²) in [6.45, 7) is 2.19. The number of alkyl halides is 1. The van der Waals surface area contributed by atoms with Crippen molar-refractivity contribution < 1.29 is 20.1 Å². The average Bonchev–Trinajstić information content (AvgIpc) is 2.84. The lowest BCUT2D eigenvalue weighted by atomic mass is 9.62. The molecule has 2 aliphatic rings. The molecule has 4 nitrogen and oxygen atoms in total. The summed E-state index contributed by atoms with van der Waals surface area (Å²) in [6.07, 6.45) is 12.6. The Morgan fingerprint density at radius 2 is 1.78 bits per heavy atom. The Kier molecular flexibility index (Phi) is 9.37. The number of carbonyl (C=O) groups is 1. The highest BCUT2D eigenvalue weighted by molar-refractivity contribution is 6.21. The quantitative estimate of drug-likeness (QED) is 0.295. The van der Waals surface area contributed by atoms with Gasteiger partial charge >= 0.3 is 5.97 Å². The van der Waals surface area contributed by atoms with Crippen LogP contribution in [0.1, 0.15) is 96.8 Å². The van der Waals surface area contributed by atoms with Crippen LogP contribution in [0, 0.1) is 17.3 Å². The van der Waals surface area contributed by atoms with Gasteiger partial charge in [-0.2, -0.15) is 0 Å². The van der Waals surface area contributed by atoms with Crippen LogP contribution < -0.4 is 0 Å². The van der Waals surface area contributed by atoms with Crippen molar-refractivity contribution in [3.05, 3.63) is 0 Å². The number of aliphatic carboxylic acids is 1. The summed E-state index contributed by atoms with van der Waals surface area (Å²) in [6, 6.07) is 0. The van der Waals surface area contributed by atoms with Gasteiger partial charge in [0, 0.05) is 11.8 Å². The second kappa shape index (κ2) is 11.0. The van der Waals surface area contributed by atoms with Gasteiger partial charge in [0.15, 0.2) is 0 Å². The van der Waals surface area contributed by atoms with Crippen molar-refractivity contribution in [3.63, 3.8) is 0 Å². The van der Waals surface area contributed by atoms with Crippen molar-refractivity contribution in [1.82, 2.24) is 0 Å². The summed E-state index contributed by atoms with van der Waals surface area (Å²) in [5, 5.41) is 29.8. The van der Waals surface area contributed by atoms with Crippen LogP contribution >= 0.6 is 11.6 Å². The molecule has 3 N–H and O–H groups in total. The number of hydrogen-bond donors (Lipinski definition) is 3. The normalized spacial score (nSPS) is 30.8. The van der Waals surface area contributed by atoms with E-state index in [1.165, 1.54) is 6.42 Å². The molecule has 0 aromatic heterocycles. The zero-order chi connectivity index (χ0) is 19.9. The first kappa shape index (κ1) is 23.0. The number of aliphatic hydroxyl groups excluding tert-OH is 2. The molecule has 0 radical (unpaired) electrons. The van der Waals surface area contributed by atoms with Crippen molar-refractivity contribution in [2.75, 3.05) is 0 Å². The lowest BCUT2D eigenvalue weighted by Gasteiger charge is -2.45. The minimum Gasteiger partial charge on any atom is -0.481 e. The van der Waals surface area contributed by atoms with Gasteiger partial charge < -0.3 is 15.3 Å². The van der Waals surface area contributed by atoms with E-state index >= 15 is 0 Å². The molecule has 0 amide bonds. The van der Waals surface area contributed by atoms with Gasteiger partial charge in [0.1, 0.15) is 0 Å². The largest absolute Gasteiger partial charge is 0.481 e. The Balaban J connectivity index is 1.70. The molecule has 0 aliphatic heterocycles. The van der Waals surface area contributed by atoms with Gasteiger partial charge in [0.2, 0.25) is 0 Å². The van der Waals surface area contributed by atoms with Crippen LogP contribution in [0.4, 0.5) is 0 Å². The number of unbranched alkanes of at least 4 members (excludes halogenated alkanes) is 3. The first-order chi connectivity index (χ1) is 12.9. The number of carboxylic acid groups (broad SMARTS) is 1. The Morgan fingerprint density at radius 3 is 2.37 bits per heavy atom. The van der Waals surface area contributed by atoms with Crippen LogP contribution in [-0.2, 0) is 4.79 Å². The molecule has 0 bridgehead atoms. The number of carboxylic acids is 1. The van der Waals surface area contributed by atoms with Crippen LogP contribution in [0.2, 0.25) is 0 Å². The first-order valence-corrected chi connectivity index (χ1v) is 11.6. The molecule has 0 aromatic carbocycles. The molecule has 0 heterocycles. The molecule has 2 rings (SSSR count). The summed E-state index contributed by atoms with van der Waals surface area (Å²) in [5.41, 5.74) is 0.165. The van der Waals surface area contributed by atoms with Gasteiger partial charge in [-0.25, -0.2) is 0 Å². The van der Waals surface area contributed by atoms with Gasteiger partial charge in [-0.15, -0.1) is 11.6 Å². The van der Waals surface area contributed by atoms with Crippen LogP contribution in [0.3, 0.4) is 0 Å². The molecule has 0 unspecified atom stereocenters. The van der Waals surface area contributed by atoms with Crippen molar-refractivity contribution >= 4 is 17.6 Å². The summed E-state index contributed by atoms with van der Waals surface area (Å²) >= 11 is 6.53. The lowest BCUT2D eigenvalue weighted by Crippen LogP contribution is -2.40. The smallest absolute Gasteiger partial charge is 0.303 e. The molecule has 2 aliphatic carbocycles. The van der Waals surface area contributed by atoms with Crippen LogP contribution in [-0.4, -0.2) is 38.9 Å². The van der Waals surface area contributed by atoms with Gasteiger partial charge in [-0.05, 0) is 68.6 Å². The second-order valence-corrected chi connectivity index (χ2v) is 9.57. The third kappa shape index (κ3) is 6.33. The van der Waals surface area contributed by atoms with E-state index in [-0.39, 0.29) is 35.3 Å². The van der Waals surface area contributed by atoms with Crippen LogP contribution in [0.25, 0.3) is 0 Å². The van der Waals surface area contributed by atoms with E-state index in [1.807, 2.05) is 0 Å². The minimum atomic E-state index is -0.719. The van der Waals surface area contributed by atoms with E-state index in [4.69, 9.17) is 16.7 Å². The number of hydrogen-bond acceptors (Lipinski definition) is 3. The second-order valence-electron chi connectivity index (χ2n) is 9.01. The predicted octanol–water partition coefficient (Wildman–Crippen LogP) is 5.13. The third-order valence-corrected chi connectivity index (χ3v) is 7.93. The number of rotatable bonds is 13. The molecule has 0 aromatic rings. The summed E-state index contributed by atoms with van der Waals surface area (Å²) in [4.78, 5) is 10.6. The monoisotopic (exact) mass is 402 g/mol. The zero-order valence-corrected chi connectivity index (χ0v) is 17.7. The topological polar surface area (TPSA) is 77.8 Å². The third-order valence-electron chi connectivity index (χ3n) is 7.43. The van der Waals surface area contributed by atoms with E-state index in [0.29, 0.717) is 12.3 Å². The Bertz CT molecular complexity index is 446. The number of halogens is 1. The molecule has 5 atom stereocenters. The summed E-state index contributed by atoms with van der Waals surface area (Å²) in [5.74, 6) is -0.122. The van der Waals surface area contributed by atoms with E-state index in [9.17, 15) is 15.0 Å². The molecular formula is C22H39ClO4. The summed E-state index contributed by atoms with van der Waals surface area (Å²) < 4.78 is 0. The average molecular weight is 403 g/mol. The standard InChI is InChI=1S/C22H39ClO4/c1-2-22(13-8-14-22)20(25)11-7-10-17-16(18(23)15-19(17)24)9-5-3-4-6-12-21(26)27/h16-20,24-25H,2-15H2,1H3,(H,26,27)/t16-,17-,18-,19-,20+/m1/s1. The number of aliphatic hydroxyl groups is 2. The highest BCUT2D eigenvalue weighted by atomic mass is 35.5. The first-order valence-electron chi connectivity index (χ1n) is 11.1. The van der Waals surface area contributed by atoms with E-state index in [0.717, 1.165) is 70.6 Å². The zero-order valence-electron chi connectivity index (χ0n) is 16.9. The van der Waals surface area contributed by atoms with E-state index in [1.54, 1.807) is 0 Å². The lowest BCUT2D eigenvalue weighted by molar-refractivity contribution is -0.137. The molecule has 27 heavy (non-hydrogen) atoms. The maximum Gasteiger partial charge on any atom is 0.303 e. The Labute approximate surface area is 169 Å². The van der Waals surface area contributed by atoms with Crippen molar-refractivity contribution in [3.8, 4) is 0 Å². The summed E-state index contributed by atoms with van der Waals surface area (Å²) in [7, 11) is 0. The molecule has 2 fully saturated rings. The van der Waals surface area contributed by atoms with Gasteiger partial charge in [0.25, 0.3) is 0 Å². The van der Waals surface area contributed by atoms with E-state index < -0.39 is 5.97 Å². The van der Waals surface area contributed by atoms with Crippen molar-refractivity contribution in [2.24, 2.45) is 17.3 Å². The van der Waals surface area contributed by atoms with Crippen LogP contribution in [0.15, 0.2) is 0 Å². The maximum atomic E-state index is 10.6. The fraction of sp³-hybridized carbons (Fsp3) is 0.955. The molecular weight excluding hydrogens is 364 g/mol. The molecule has 5 heteroatoms. The van der Waals surface area contributed by atoms with Gasteiger partial charge in [-0.3, -0.25) is 4.79 Å². The molecule has 0 spiro atoms. The molecule has 0 saturated heterocycles.